The molecule has 0 radical (unpaired) electrons. The number of ketones is 1. The summed E-state index contributed by atoms with van der Waals surface area (Å²) in [5.41, 5.74) is -0.112. The molecule has 7 nitrogen and oxygen atoms in total. The van der Waals surface area contributed by atoms with E-state index in [1.165, 1.54) is 12.1 Å². The van der Waals surface area contributed by atoms with E-state index in [4.69, 9.17) is 21.5 Å². The molecule has 0 aliphatic heterocycles. The first-order chi connectivity index (χ1) is 7.93. The van der Waals surface area contributed by atoms with Crippen LogP contribution in [0.25, 0.3) is 0 Å². The van der Waals surface area contributed by atoms with E-state index in [1.54, 1.807) is 0 Å². The first-order valence-corrected chi connectivity index (χ1v) is 4.38. The van der Waals surface area contributed by atoms with Crippen molar-refractivity contribution < 1.29 is 24.4 Å². The van der Waals surface area contributed by atoms with E-state index >= 15 is 0 Å². The molecule has 90 valence electrons. The molecule has 0 aliphatic carbocycles. The van der Waals surface area contributed by atoms with E-state index in [0.717, 1.165) is 12.1 Å². The van der Waals surface area contributed by atoms with Crippen molar-refractivity contribution in [3.05, 3.63) is 39.9 Å². The number of carbonyl (C=O) groups excluding carboxylic acids is 2. The smallest absolute Gasteiger partial charge is 0.293 e. The van der Waals surface area contributed by atoms with Crippen molar-refractivity contribution in [2.24, 2.45) is 0 Å². The topological polar surface area (TPSA) is 115 Å². The van der Waals surface area contributed by atoms with E-state index in [2.05, 4.69) is 0 Å². The number of carboxylic acid groups (broad SMARTS) is 1. The Morgan fingerprint density at radius 1 is 1.29 bits per heavy atom. The lowest BCUT2D eigenvalue weighted by Gasteiger charge is -1.94. The van der Waals surface area contributed by atoms with Crippen LogP contribution in [0.15, 0.2) is 24.3 Å². The predicted molar refractivity (Wildman–Crippen MR) is 57.0 cm³/mol. The fourth-order valence-corrected chi connectivity index (χ4v) is 0.957. The number of non-ortho nitro benzene ring substituents is 1. The third-order valence-corrected chi connectivity index (χ3v) is 1.69. The molecule has 0 heterocycles. The number of Topliss-reactive ketones (excluding diaryl/α,β-unsaturated/α-hetero) is 1. The van der Waals surface area contributed by atoms with Crippen LogP contribution in [0.5, 0.6) is 0 Å². The zero-order valence-corrected chi connectivity index (χ0v) is 8.96. The lowest BCUT2D eigenvalue weighted by atomic mass is 10.1. The molecule has 1 aromatic carbocycles. The Morgan fingerprint density at radius 2 is 1.71 bits per heavy atom. The number of carbonyl (C=O) groups is 3. The second kappa shape index (κ2) is 7.07. The maximum Gasteiger partial charge on any atom is 0.293 e. The molecule has 0 aromatic heterocycles. The molecule has 0 aliphatic rings. The SMILES string of the molecule is O=C(Cl)C(=O)c1ccc([N+](=O)[O-])cc1.O=CO. The molecule has 1 rings (SSSR count). The summed E-state index contributed by atoms with van der Waals surface area (Å²) in [6, 6.07) is 4.63. The minimum atomic E-state index is -1.11. The van der Waals surface area contributed by atoms with Gasteiger partial charge in [-0.25, -0.2) is 0 Å². The Morgan fingerprint density at radius 3 is 2.00 bits per heavy atom. The molecule has 0 spiro atoms. The second-order valence-electron chi connectivity index (χ2n) is 2.51. The summed E-state index contributed by atoms with van der Waals surface area (Å²) >= 11 is 4.94. The molecular formula is C9H6ClNO6. The molecule has 0 saturated heterocycles. The van der Waals surface area contributed by atoms with Gasteiger partial charge < -0.3 is 5.11 Å². The number of rotatable bonds is 3. The van der Waals surface area contributed by atoms with Crippen LogP contribution in [-0.2, 0) is 9.59 Å². The van der Waals surface area contributed by atoms with Crippen LogP contribution in [0.1, 0.15) is 10.4 Å². The van der Waals surface area contributed by atoms with Gasteiger partial charge >= 0.3 is 0 Å². The first kappa shape index (κ1) is 14.7. The van der Waals surface area contributed by atoms with Crippen LogP contribution in [0.3, 0.4) is 0 Å². The minimum Gasteiger partial charge on any atom is -0.483 e. The number of nitro groups is 1. The normalized spacial score (nSPS) is 8.53. The predicted octanol–water partition coefficient (Wildman–Crippen LogP) is 1.24. The van der Waals surface area contributed by atoms with Crippen LogP contribution in [-0.4, -0.2) is 27.5 Å². The summed E-state index contributed by atoms with van der Waals surface area (Å²) in [5.74, 6) is -0.874. The maximum absolute atomic E-state index is 11.0. The van der Waals surface area contributed by atoms with Gasteiger partial charge in [-0.1, -0.05) is 0 Å². The molecule has 1 N–H and O–H groups in total. The largest absolute Gasteiger partial charge is 0.483 e. The van der Waals surface area contributed by atoms with Crippen molar-refractivity contribution in [1.29, 1.82) is 0 Å². The van der Waals surface area contributed by atoms with Crippen LogP contribution in [0.2, 0.25) is 0 Å². The summed E-state index contributed by atoms with van der Waals surface area (Å²) in [5, 5.41) is 16.0. The van der Waals surface area contributed by atoms with Gasteiger partial charge in [0.25, 0.3) is 17.4 Å². The summed E-state index contributed by atoms with van der Waals surface area (Å²) < 4.78 is 0. The molecule has 0 fully saturated rings. The third-order valence-electron chi connectivity index (χ3n) is 1.52. The lowest BCUT2D eigenvalue weighted by molar-refractivity contribution is -0.384. The third kappa shape index (κ3) is 4.85. The quantitative estimate of drug-likeness (QED) is 0.218. The minimum absolute atomic E-state index is 0.0376. The zero-order valence-electron chi connectivity index (χ0n) is 8.20. The Kier molecular flexibility index (Phi) is 6.12. The molecule has 1 aromatic rings. The van der Waals surface area contributed by atoms with E-state index in [1.807, 2.05) is 0 Å². The van der Waals surface area contributed by atoms with Gasteiger partial charge in [-0.05, 0) is 23.7 Å². The van der Waals surface area contributed by atoms with Gasteiger partial charge in [0.15, 0.2) is 0 Å². The van der Waals surface area contributed by atoms with Crippen molar-refractivity contribution in [2.75, 3.05) is 0 Å². The number of halogens is 1. The Balaban J connectivity index is 0.000000770. The number of hydrogen-bond acceptors (Lipinski definition) is 5. The average Bonchev–Trinajstić information content (AvgIpc) is 2.29. The van der Waals surface area contributed by atoms with E-state index in [0.29, 0.717) is 0 Å². The van der Waals surface area contributed by atoms with Crippen LogP contribution < -0.4 is 0 Å². The highest BCUT2D eigenvalue weighted by molar-refractivity contribution is 6.83. The Labute approximate surface area is 99.8 Å². The van der Waals surface area contributed by atoms with Crippen molar-refractivity contribution in [2.45, 2.75) is 0 Å². The number of hydrogen-bond donors (Lipinski definition) is 1. The van der Waals surface area contributed by atoms with Crippen molar-refractivity contribution in [3.8, 4) is 0 Å². The maximum atomic E-state index is 11.0. The summed E-state index contributed by atoms with van der Waals surface area (Å²) in [6.07, 6.45) is 0. The average molecular weight is 260 g/mol. The number of nitro benzene ring substituents is 1. The number of benzene rings is 1. The molecule has 0 unspecified atom stereocenters. The van der Waals surface area contributed by atoms with E-state index in [9.17, 15) is 19.7 Å². The summed E-state index contributed by atoms with van der Waals surface area (Å²) in [4.78, 5) is 39.4. The van der Waals surface area contributed by atoms with Gasteiger partial charge in [-0.15, -0.1) is 0 Å². The van der Waals surface area contributed by atoms with Gasteiger partial charge in [-0.3, -0.25) is 24.5 Å². The zero-order chi connectivity index (χ0) is 13.4. The van der Waals surface area contributed by atoms with Gasteiger partial charge in [0.2, 0.25) is 5.78 Å². The highest BCUT2D eigenvalue weighted by atomic mass is 35.5. The van der Waals surface area contributed by atoms with Crippen molar-refractivity contribution >= 4 is 34.8 Å². The molecule has 8 heteroatoms. The van der Waals surface area contributed by atoms with Crippen molar-refractivity contribution in [3.63, 3.8) is 0 Å². The highest BCUT2D eigenvalue weighted by Gasteiger charge is 2.14. The Hall–Kier alpha value is -2.28. The number of nitrogens with zero attached hydrogens (tertiary/aromatic N) is 1. The molecule has 17 heavy (non-hydrogen) atoms. The lowest BCUT2D eigenvalue weighted by Crippen LogP contribution is -2.06. The van der Waals surface area contributed by atoms with Crippen LogP contribution >= 0.6 is 11.6 Å². The summed E-state index contributed by atoms with van der Waals surface area (Å²) in [7, 11) is 0. The fourth-order valence-electron chi connectivity index (χ4n) is 0.848. The van der Waals surface area contributed by atoms with Gasteiger partial charge in [-0.2, -0.15) is 0 Å². The fraction of sp³-hybridized carbons (Fsp3) is 0. The van der Waals surface area contributed by atoms with Crippen LogP contribution in [0, 0.1) is 10.1 Å². The summed E-state index contributed by atoms with van der Waals surface area (Å²) in [6.45, 7) is -0.250. The molecule has 0 bridgehead atoms. The van der Waals surface area contributed by atoms with Crippen LogP contribution in [0.4, 0.5) is 5.69 Å². The standard InChI is InChI=1S/C8H4ClNO4.CH2O2/c9-8(12)7(11)5-1-3-6(4-2-5)10(13)14;2-1-3/h1-4H;1H,(H,2,3). The Bertz CT molecular complexity index is 441. The van der Waals surface area contributed by atoms with E-state index < -0.39 is 15.9 Å². The molecular weight excluding hydrogens is 254 g/mol. The monoisotopic (exact) mass is 259 g/mol. The van der Waals surface area contributed by atoms with E-state index in [-0.39, 0.29) is 17.7 Å². The second-order valence-corrected chi connectivity index (χ2v) is 2.86. The van der Waals surface area contributed by atoms with Gasteiger partial charge in [0.1, 0.15) is 0 Å². The molecule has 0 amide bonds. The van der Waals surface area contributed by atoms with Gasteiger partial charge in [0.05, 0.1) is 4.92 Å². The first-order valence-electron chi connectivity index (χ1n) is 4.00. The van der Waals surface area contributed by atoms with Gasteiger partial charge in [0, 0.05) is 17.7 Å². The van der Waals surface area contributed by atoms with Crippen molar-refractivity contribution in [1.82, 2.24) is 0 Å². The molecule has 0 atom stereocenters. The molecule has 0 saturated carbocycles. The highest BCUT2D eigenvalue weighted by Crippen LogP contribution is 2.12.